The lowest BCUT2D eigenvalue weighted by molar-refractivity contribution is 0.204. The summed E-state index contributed by atoms with van der Waals surface area (Å²) in [6, 6.07) is 22.8. The molecule has 0 aliphatic heterocycles. The van der Waals surface area contributed by atoms with Gasteiger partial charge in [0, 0.05) is 10.6 Å². The van der Waals surface area contributed by atoms with Gasteiger partial charge in [0.1, 0.15) is 0 Å². The highest BCUT2D eigenvalue weighted by Crippen LogP contribution is 2.26. The fraction of sp³-hybridized carbons (Fsp3) is 0.158. The summed E-state index contributed by atoms with van der Waals surface area (Å²) in [5, 5.41) is 12.8. The summed E-state index contributed by atoms with van der Waals surface area (Å²) in [5.41, 5.74) is 2.24. The molecular weight excluding hydrogens is 276 g/mol. The third kappa shape index (κ3) is 3.46. The molecule has 0 aromatic heterocycles. The van der Waals surface area contributed by atoms with Crippen LogP contribution < -0.4 is 0 Å². The molecule has 3 aromatic rings. The summed E-state index contributed by atoms with van der Waals surface area (Å²) in [6.45, 7) is 2.08. The maximum Gasteiger partial charge on any atom is 0.0884 e. The molecule has 0 saturated heterocycles. The van der Waals surface area contributed by atoms with E-state index in [0.29, 0.717) is 5.75 Å². The smallest absolute Gasteiger partial charge is 0.0884 e. The van der Waals surface area contributed by atoms with Crippen molar-refractivity contribution in [3.8, 4) is 0 Å². The van der Waals surface area contributed by atoms with Crippen LogP contribution in [0, 0.1) is 6.92 Å². The molecule has 1 atom stereocenters. The molecule has 1 N–H and O–H groups in total. The van der Waals surface area contributed by atoms with Crippen molar-refractivity contribution in [2.45, 2.75) is 17.9 Å². The van der Waals surface area contributed by atoms with Gasteiger partial charge in [-0.25, -0.2) is 0 Å². The van der Waals surface area contributed by atoms with Crippen LogP contribution in [-0.2, 0) is 0 Å². The number of fused-ring (bicyclic) bond motifs is 1. The molecule has 0 aliphatic carbocycles. The first kappa shape index (κ1) is 14.2. The van der Waals surface area contributed by atoms with Crippen LogP contribution >= 0.6 is 11.8 Å². The quantitative estimate of drug-likeness (QED) is 0.685. The summed E-state index contributed by atoms with van der Waals surface area (Å²) < 4.78 is 0. The zero-order chi connectivity index (χ0) is 14.7. The topological polar surface area (TPSA) is 20.2 Å². The van der Waals surface area contributed by atoms with E-state index in [-0.39, 0.29) is 0 Å². The Kier molecular flexibility index (Phi) is 4.28. The monoisotopic (exact) mass is 294 g/mol. The highest BCUT2D eigenvalue weighted by atomic mass is 32.2. The predicted octanol–water partition coefficient (Wildman–Crippen LogP) is 4.97. The molecule has 0 fully saturated rings. The molecule has 0 spiro atoms. The zero-order valence-corrected chi connectivity index (χ0v) is 12.8. The van der Waals surface area contributed by atoms with Gasteiger partial charge in [-0.3, -0.25) is 0 Å². The summed E-state index contributed by atoms with van der Waals surface area (Å²) in [5.74, 6) is 0.668. The first-order chi connectivity index (χ1) is 10.2. The first-order valence-corrected chi connectivity index (χ1v) is 8.07. The molecule has 3 rings (SSSR count). The van der Waals surface area contributed by atoms with Crippen molar-refractivity contribution in [3.05, 3.63) is 77.9 Å². The Hall–Kier alpha value is -1.77. The van der Waals surface area contributed by atoms with Gasteiger partial charge in [-0.15, -0.1) is 11.8 Å². The van der Waals surface area contributed by atoms with E-state index in [2.05, 4.69) is 55.5 Å². The molecule has 0 saturated carbocycles. The third-order valence-electron chi connectivity index (χ3n) is 3.59. The molecule has 106 valence electrons. The molecule has 0 amide bonds. The van der Waals surface area contributed by atoms with Gasteiger partial charge >= 0.3 is 0 Å². The van der Waals surface area contributed by atoms with Crippen LogP contribution in [0.2, 0.25) is 0 Å². The van der Waals surface area contributed by atoms with Gasteiger partial charge < -0.3 is 5.11 Å². The Labute approximate surface area is 129 Å². The van der Waals surface area contributed by atoms with Crippen LogP contribution in [0.15, 0.2) is 71.6 Å². The number of benzene rings is 3. The standard InChI is InChI=1S/C19H18OS/c1-14-6-10-18(11-7-14)21-13-19(20)17-9-8-15-4-2-3-5-16(15)12-17/h2-12,19-20H,13H2,1H3. The molecule has 3 aromatic carbocycles. The molecule has 1 unspecified atom stereocenters. The summed E-state index contributed by atoms with van der Waals surface area (Å²) in [6.07, 6.45) is -0.444. The van der Waals surface area contributed by atoms with Crippen molar-refractivity contribution < 1.29 is 5.11 Å². The Morgan fingerprint density at radius 1 is 0.905 bits per heavy atom. The molecule has 0 aliphatic rings. The van der Waals surface area contributed by atoms with Gasteiger partial charge in [0.2, 0.25) is 0 Å². The minimum Gasteiger partial charge on any atom is -0.388 e. The van der Waals surface area contributed by atoms with Crippen molar-refractivity contribution in [2.24, 2.45) is 0 Å². The molecule has 0 radical (unpaired) electrons. The second-order valence-electron chi connectivity index (χ2n) is 5.25. The average molecular weight is 294 g/mol. The zero-order valence-electron chi connectivity index (χ0n) is 12.0. The van der Waals surface area contributed by atoms with E-state index in [0.717, 1.165) is 5.56 Å². The van der Waals surface area contributed by atoms with Crippen LogP contribution in [0.5, 0.6) is 0 Å². The summed E-state index contributed by atoms with van der Waals surface area (Å²) >= 11 is 1.69. The molecule has 0 bridgehead atoms. The van der Waals surface area contributed by atoms with Gasteiger partial charge in [0.25, 0.3) is 0 Å². The van der Waals surface area contributed by atoms with Crippen LogP contribution in [0.1, 0.15) is 17.2 Å². The second-order valence-corrected chi connectivity index (χ2v) is 6.34. The van der Waals surface area contributed by atoms with Gasteiger partial charge in [-0.1, -0.05) is 54.1 Å². The van der Waals surface area contributed by atoms with Crippen molar-refractivity contribution in [1.82, 2.24) is 0 Å². The number of aliphatic hydroxyl groups excluding tert-OH is 1. The van der Waals surface area contributed by atoms with Crippen LogP contribution in [0.25, 0.3) is 10.8 Å². The maximum absolute atomic E-state index is 10.4. The highest BCUT2D eigenvalue weighted by molar-refractivity contribution is 7.99. The van der Waals surface area contributed by atoms with Crippen LogP contribution in [0.3, 0.4) is 0 Å². The molecule has 2 heteroatoms. The fourth-order valence-corrected chi connectivity index (χ4v) is 3.19. The van der Waals surface area contributed by atoms with Crippen molar-refractivity contribution in [3.63, 3.8) is 0 Å². The molecule has 21 heavy (non-hydrogen) atoms. The largest absolute Gasteiger partial charge is 0.388 e. The number of rotatable bonds is 4. The van der Waals surface area contributed by atoms with Crippen molar-refractivity contribution in [1.29, 1.82) is 0 Å². The van der Waals surface area contributed by atoms with E-state index in [1.807, 2.05) is 18.2 Å². The van der Waals surface area contributed by atoms with Gasteiger partial charge in [-0.2, -0.15) is 0 Å². The lowest BCUT2D eigenvalue weighted by Crippen LogP contribution is -2.00. The van der Waals surface area contributed by atoms with Gasteiger partial charge in [0.15, 0.2) is 0 Å². The van der Waals surface area contributed by atoms with E-state index >= 15 is 0 Å². The fourth-order valence-electron chi connectivity index (χ4n) is 2.32. The Morgan fingerprint density at radius 3 is 2.38 bits per heavy atom. The number of hydrogen-bond donors (Lipinski definition) is 1. The lowest BCUT2D eigenvalue weighted by Gasteiger charge is -2.12. The highest BCUT2D eigenvalue weighted by Gasteiger charge is 2.09. The Morgan fingerprint density at radius 2 is 1.62 bits per heavy atom. The second kappa shape index (κ2) is 6.33. The minimum absolute atomic E-state index is 0.444. The summed E-state index contributed by atoms with van der Waals surface area (Å²) in [4.78, 5) is 1.19. The minimum atomic E-state index is -0.444. The predicted molar refractivity (Wildman–Crippen MR) is 90.8 cm³/mol. The Bertz CT molecular complexity index is 734. The lowest BCUT2D eigenvalue weighted by atomic mass is 10.0. The van der Waals surface area contributed by atoms with Gasteiger partial charge in [0.05, 0.1) is 6.10 Å². The van der Waals surface area contributed by atoms with E-state index < -0.39 is 6.10 Å². The number of thioether (sulfide) groups is 1. The van der Waals surface area contributed by atoms with Crippen LogP contribution in [0.4, 0.5) is 0 Å². The van der Waals surface area contributed by atoms with Gasteiger partial charge in [-0.05, 0) is 41.5 Å². The van der Waals surface area contributed by atoms with E-state index in [9.17, 15) is 5.11 Å². The maximum atomic E-state index is 10.4. The van der Waals surface area contributed by atoms with Crippen molar-refractivity contribution >= 4 is 22.5 Å². The third-order valence-corrected chi connectivity index (χ3v) is 4.68. The van der Waals surface area contributed by atoms with Crippen molar-refractivity contribution in [2.75, 3.05) is 5.75 Å². The normalized spacial score (nSPS) is 12.5. The van der Waals surface area contributed by atoms with E-state index in [1.54, 1.807) is 11.8 Å². The molecular formula is C19H18OS. The van der Waals surface area contributed by atoms with Crippen LogP contribution in [-0.4, -0.2) is 10.9 Å². The average Bonchev–Trinajstić information content (AvgIpc) is 2.53. The Balaban J connectivity index is 1.71. The number of aryl methyl sites for hydroxylation is 1. The number of hydrogen-bond acceptors (Lipinski definition) is 2. The van der Waals surface area contributed by atoms with E-state index in [1.165, 1.54) is 21.2 Å². The van der Waals surface area contributed by atoms with E-state index in [4.69, 9.17) is 0 Å². The molecule has 0 heterocycles. The summed E-state index contributed by atoms with van der Waals surface area (Å²) in [7, 11) is 0. The number of aliphatic hydroxyl groups is 1. The first-order valence-electron chi connectivity index (χ1n) is 7.08. The molecule has 1 nitrogen and oxygen atoms in total. The SMILES string of the molecule is Cc1ccc(SCC(O)c2ccc3ccccc3c2)cc1.